The normalized spacial score (nSPS) is 11.7. The lowest BCUT2D eigenvalue weighted by Gasteiger charge is -2.20. The van der Waals surface area contributed by atoms with Crippen LogP contribution in [-0.2, 0) is 20.9 Å². The molecule has 0 fully saturated rings. The van der Waals surface area contributed by atoms with Gasteiger partial charge in [0, 0.05) is 0 Å². The van der Waals surface area contributed by atoms with Crippen molar-refractivity contribution >= 4 is 29.2 Å². The molecule has 26 heavy (non-hydrogen) atoms. The molecule has 1 aromatic heterocycles. The first-order chi connectivity index (χ1) is 12.4. The van der Waals surface area contributed by atoms with Gasteiger partial charge in [0.05, 0.1) is 17.6 Å². The first-order valence-corrected chi connectivity index (χ1v) is 8.98. The maximum absolute atomic E-state index is 12.4. The van der Waals surface area contributed by atoms with Crippen molar-refractivity contribution in [3.63, 3.8) is 0 Å². The van der Waals surface area contributed by atoms with Gasteiger partial charge in [-0.1, -0.05) is 32.0 Å². The van der Waals surface area contributed by atoms with Crippen LogP contribution >= 0.6 is 11.3 Å². The van der Waals surface area contributed by atoms with Crippen LogP contribution in [0.25, 0.3) is 0 Å². The third kappa shape index (κ3) is 5.16. The highest BCUT2D eigenvalue weighted by molar-refractivity contribution is 7.12. The van der Waals surface area contributed by atoms with Gasteiger partial charge in [-0.15, -0.1) is 11.3 Å². The Hall–Kier alpha value is -2.67. The van der Waals surface area contributed by atoms with E-state index in [1.54, 1.807) is 41.8 Å². The molecule has 1 aromatic carbocycles. The predicted molar refractivity (Wildman–Crippen MR) is 98.0 cm³/mol. The van der Waals surface area contributed by atoms with Gasteiger partial charge in [0.2, 0.25) is 0 Å². The molecule has 1 heterocycles. The lowest BCUT2D eigenvalue weighted by Crippen LogP contribution is -2.45. The van der Waals surface area contributed by atoms with E-state index in [0.717, 1.165) is 5.56 Å². The van der Waals surface area contributed by atoms with E-state index in [1.807, 2.05) is 13.8 Å². The first-order valence-electron chi connectivity index (χ1n) is 8.10. The van der Waals surface area contributed by atoms with Crippen LogP contribution in [0.15, 0.2) is 41.8 Å². The van der Waals surface area contributed by atoms with E-state index in [0.29, 0.717) is 10.4 Å². The molecular formula is C19H21NO5S. The SMILES string of the molecule is COC(=O)c1ccc(COC(=O)[C@@H](NC(=O)c2cccs2)C(C)C)cc1. The number of amides is 1. The number of esters is 2. The molecular weight excluding hydrogens is 354 g/mol. The lowest BCUT2D eigenvalue weighted by molar-refractivity contribution is -0.148. The summed E-state index contributed by atoms with van der Waals surface area (Å²) in [6, 6.07) is 9.33. The summed E-state index contributed by atoms with van der Waals surface area (Å²) in [6.07, 6.45) is 0. The number of methoxy groups -OCH3 is 1. The van der Waals surface area contributed by atoms with E-state index in [1.165, 1.54) is 18.4 Å². The number of carbonyl (C=O) groups is 3. The summed E-state index contributed by atoms with van der Waals surface area (Å²) >= 11 is 1.31. The highest BCUT2D eigenvalue weighted by Gasteiger charge is 2.26. The number of ether oxygens (including phenoxy) is 2. The molecule has 2 rings (SSSR count). The van der Waals surface area contributed by atoms with Crippen molar-refractivity contribution < 1.29 is 23.9 Å². The second kappa shape index (κ2) is 9.15. The Morgan fingerprint density at radius 2 is 1.81 bits per heavy atom. The van der Waals surface area contributed by atoms with Crippen molar-refractivity contribution in [2.45, 2.75) is 26.5 Å². The van der Waals surface area contributed by atoms with Gasteiger partial charge in [-0.05, 0) is 35.1 Å². The molecule has 1 atom stereocenters. The van der Waals surface area contributed by atoms with E-state index >= 15 is 0 Å². The number of hydrogen-bond acceptors (Lipinski definition) is 6. The number of benzene rings is 1. The van der Waals surface area contributed by atoms with E-state index in [9.17, 15) is 14.4 Å². The Morgan fingerprint density at radius 3 is 2.35 bits per heavy atom. The number of hydrogen-bond donors (Lipinski definition) is 1. The third-order valence-electron chi connectivity index (χ3n) is 3.71. The molecule has 7 heteroatoms. The van der Waals surface area contributed by atoms with Gasteiger partial charge in [0.1, 0.15) is 12.6 Å². The molecule has 0 saturated carbocycles. The standard InChI is InChI=1S/C19H21NO5S/c1-12(2)16(20-17(21)15-5-4-10-26-15)19(23)25-11-13-6-8-14(9-7-13)18(22)24-3/h4-10,12,16H,11H2,1-3H3,(H,20,21)/t16-/m0/s1. The van der Waals surface area contributed by atoms with Crippen LogP contribution in [0, 0.1) is 5.92 Å². The lowest BCUT2D eigenvalue weighted by atomic mass is 10.0. The molecule has 2 aromatic rings. The van der Waals surface area contributed by atoms with Crippen LogP contribution in [0.2, 0.25) is 0 Å². The van der Waals surface area contributed by atoms with Gasteiger partial charge in [-0.3, -0.25) is 4.79 Å². The summed E-state index contributed by atoms with van der Waals surface area (Å²) in [5.74, 6) is -1.34. The number of thiophene rings is 1. The molecule has 0 radical (unpaired) electrons. The Bertz CT molecular complexity index is 753. The first kappa shape index (κ1) is 19.7. The summed E-state index contributed by atoms with van der Waals surface area (Å²) in [4.78, 5) is 36.5. The quantitative estimate of drug-likeness (QED) is 0.752. The summed E-state index contributed by atoms with van der Waals surface area (Å²) < 4.78 is 9.97. The van der Waals surface area contributed by atoms with E-state index < -0.39 is 18.0 Å². The highest BCUT2D eigenvalue weighted by atomic mass is 32.1. The van der Waals surface area contributed by atoms with Crippen LogP contribution in [0.3, 0.4) is 0 Å². The van der Waals surface area contributed by atoms with Gasteiger partial charge < -0.3 is 14.8 Å². The minimum atomic E-state index is -0.737. The fourth-order valence-electron chi connectivity index (χ4n) is 2.22. The molecule has 0 saturated heterocycles. The fourth-order valence-corrected chi connectivity index (χ4v) is 2.84. The second-order valence-corrected chi connectivity index (χ2v) is 6.92. The van der Waals surface area contributed by atoms with Crippen molar-refractivity contribution in [2.24, 2.45) is 5.92 Å². The summed E-state index contributed by atoms with van der Waals surface area (Å²) in [6.45, 7) is 3.73. The fraction of sp³-hybridized carbons (Fsp3) is 0.316. The maximum Gasteiger partial charge on any atom is 0.337 e. The predicted octanol–water partition coefficient (Wildman–Crippen LogP) is 3.03. The Kier molecular flexibility index (Phi) is 6.91. The molecule has 0 bridgehead atoms. The van der Waals surface area contributed by atoms with Crippen LogP contribution in [0.5, 0.6) is 0 Å². The Balaban J connectivity index is 1.95. The van der Waals surface area contributed by atoms with Crippen LogP contribution in [0.1, 0.15) is 39.4 Å². The van der Waals surface area contributed by atoms with Crippen molar-refractivity contribution in [1.82, 2.24) is 5.32 Å². The summed E-state index contributed by atoms with van der Waals surface area (Å²) in [5, 5.41) is 4.52. The van der Waals surface area contributed by atoms with Gasteiger partial charge in [-0.25, -0.2) is 9.59 Å². The van der Waals surface area contributed by atoms with Crippen molar-refractivity contribution in [3.8, 4) is 0 Å². The van der Waals surface area contributed by atoms with Crippen LogP contribution in [-0.4, -0.2) is 31.0 Å². The van der Waals surface area contributed by atoms with Gasteiger partial charge >= 0.3 is 11.9 Å². The monoisotopic (exact) mass is 375 g/mol. The molecule has 0 unspecified atom stereocenters. The van der Waals surface area contributed by atoms with Crippen molar-refractivity contribution in [1.29, 1.82) is 0 Å². The van der Waals surface area contributed by atoms with Gasteiger partial charge in [0.25, 0.3) is 5.91 Å². The Labute approximate surface area is 156 Å². The molecule has 6 nitrogen and oxygen atoms in total. The van der Waals surface area contributed by atoms with E-state index in [-0.39, 0.29) is 18.4 Å². The molecule has 0 aliphatic carbocycles. The average Bonchev–Trinajstić information content (AvgIpc) is 3.18. The summed E-state index contributed by atoms with van der Waals surface area (Å²) in [7, 11) is 1.31. The van der Waals surface area contributed by atoms with E-state index in [2.05, 4.69) is 10.1 Å². The van der Waals surface area contributed by atoms with E-state index in [4.69, 9.17) is 4.74 Å². The second-order valence-electron chi connectivity index (χ2n) is 5.97. The molecule has 138 valence electrons. The molecule has 1 amide bonds. The minimum Gasteiger partial charge on any atom is -0.465 e. The smallest absolute Gasteiger partial charge is 0.337 e. The van der Waals surface area contributed by atoms with Gasteiger partial charge in [-0.2, -0.15) is 0 Å². The zero-order valence-corrected chi connectivity index (χ0v) is 15.7. The van der Waals surface area contributed by atoms with Crippen LogP contribution in [0.4, 0.5) is 0 Å². The largest absolute Gasteiger partial charge is 0.465 e. The molecule has 0 spiro atoms. The molecule has 0 aliphatic heterocycles. The Morgan fingerprint density at radius 1 is 1.12 bits per heavy atom. The topological polar surface area (TPSA) is 81.7 Å². The number of rotatable bonds is 7. The zero-order valence-electron chi connectivity index (χ0n) is 14.9. The van der Waals surface area contributed by atoms with Crippen molar-refractivity contribution in [2.75, 3.05) is 7.11 Å². The average molecular weight is 375 g/mol. The molecule has 1 N–H and O–H groups in total. The van der Waals surface area contributed by atoms with Gasteiger partial charge in [0.15, 0.2) is 0 Å². The highest BCUT2D eigenvalue weighted by Crippen LogP contribution is 2.12. The molecule has 0 aliphatic rings. The minimum absolute atomic E-state index is 0.0539. The number of carbonyl (C=O) groups excluding carboxylic acids is 3. The maximum atomic E-state index is 12.4. The third-order valence-corrected chi connectivity index (χ3v) is 4.58. The number of nitrogens with one attached hydrogen (secondary N) is 1. The van der Waals surface area contributed by atoms with Crippen molar-refractivity contribution in [3.05, 3.63) is 57.8 Å². The van der Waals surface area contributed by atoms with Crippen LogP contribution < -0.4 is 5.32 Å². The zero-order chi connectivity index (χ0) is 19.1. The summed E-state index contributed by atoms with van der Waals surface area (Å²) in [5.41, 5.74) is 1.16.